The van der Waals surface area contributed by atoms with Crippen molar-refractivity contribution in [3.8, 4) is 0 Å². The van der Waals surface area contributed by atoms with Crippen molar-refractivity contribution >= 4 is 5.97 Å². The maximum absolute atomic E-state index is 10.5. The summed E-state index contributed by atoms with van der Waals surface area (Å²) in [4.78, 5) is 12.8. The number of hydrogen-bond donors (Lipinski definition) is 1. The van der Waals surface area contributed by atoms with Gasteiger partial charge in [-0.25, -0.2) is 0 Å². The van der Waals surface area contributed by atoms with Gasteiger partial charge in [-0.1, -0.05) is 30.3 Å². The Morgan fingerprint density at radius 2 is 2.16 bits per heavy atom. The number of benzene rings is 1. The summed E-state index contributed by atoms with van der Waals surface area (Å²) in [5, 5.41) is 8.68. The minimum Gasteiger partial charge on any atom is -0.481 e. The van der Waals surface area contributed by atoms with Crippen LogP contribution in [0.15, 0.2) is 30.3 Å². The lowest BCUT2D eigenvalue weighted by Crippen LogP contribution is -2.48. The summed E-state index contributed by atoms with van der Waals surface area (Å²) in [6, 6.07) is 10.2. The minimum atomic E-state index is -0.723. The maximum atomic E-state index is 10.5. The number of ether oxygens (including phenoxy) is 1. The fourth-order valence-electron chi connectivity index (χ4n) is 2.56. The quantitative estimate of drug-likeness (QED) is 0.884. The maximum Gasteiger partial charge on any atom is 0.303 e. The van der Waals surface area contributed by atoms with E-state index in [2.05, 4.69) is 24.0 Å². The highest BCUT2D eigenvalue weighted by atomic mass is 16.5. The molecule has 1 atom stereocenters. The topological polar surface area (TPSA) is 49.8 Å². The molecule has 4 heteroatoms. The van der Waals surface area contributed by atoms with Gasteiger partial charge in [-0.05, 0) is 25.5 Å². The molecular formula is C15H21NO3. The van der Waals surface area contributed by atoms with E-state index in [4.69, 9.17) is 9.84 Å². The van der Waals surface area contributed by atoms with E-state index in [9.17, 15) is 4.79 Å². The largest absolute Gasteiger partial charge is 0.481 e. The molecule has 2 rings (SSSR count). The Kier molecular flexibility index (Phi) is 4.56. The van der Waals surface area contributed by atoms with E-state index < -0.39 is 5.97 Å². The average molecular weight is 263 g/mol. The normalized spacial score (nSPS) is 24.3. The van der Waals surface area contributed by atoms with E-state index >= 15 is 0 Å². The highest BCUT2D eigenvalue weighted by Gasteiger charge is 2.33. The van der Waals surface area contributed by atoms with Crippen molar-refractivity contribution in [1.82, 2.24) is 4.90 Å². The van der Waals surface area contributed by atoms with Gasteiger partial charge in [-0.2, -0.15) is 0 Å². The molecule has 1 heterocycles. The SMILES string of the molecule is C[C@]1(c2ccccc2)CN(CCCC(=O)O)CCO1. The Morgan fingerprint density at radius 1 is 1.42 bits per heavy atom. The highest BCUT2D eigenvalue weighted by molar-refractivity contribution is 5.66. The molecule has 0 radical (unpaired) electrons. The molecule has 1 aliphatic rings. The van der Waals surface area contributed by atoms with Crippen molar-refractivity contribution < 1.29 is 14.6 Å². The summed E-state index contributed by atoms with van der Waals surface area (Å²) >= 11 is 0. The van der Waals surface area contributed by atoms with Crippen LogP contribution in [0.2, 0.25) is 0 Å². The van der Waals surface area contributed by atoms with E-state index in [1.807, 2.05) is 18.2 Å². The molecule has 0 saturated carbocycles. The molecule has 0 amide bonds. The van der Waals surface area contributed by atoms with E-state index in [0.717, 1.165) is 19.6 Å². The van der Waals surface area contributed by atoms with Gasteiger partial charge in [-0.15, -0.1) is 0 Å². The molecule has 0 aliphatic carbocycles. The summed E-state index contributed by atoms with van der Waals surface area (Å²) < 4.78 is 5.95. The van der Waals surface area contributed by atoms with E-state index in [1.165, 1.54) is 5.56 Å². The van der Waals surface area contributed by atoms with Crippen LogP contribution in [-0.2, 0) is 15.1 Å². The summed E-state index contributed by atoms with van der Waals surface area (Å²) in [6.07, 6.45) is 0.930. The monoisotopic (exact) mass is 263 g/mol. The number of carboxylic acid groups (broad SMARTS) is 1. The second kappa shape index (κ2) is 6.17. The number of hydrogen-bond acceptors (Lipinski definition) is 3. The van der Waals surface area contributed by atoms with Crippen LogP contribution in [0.5, 0.6) is 0 Å². The van der Waals surface area contributed by atoms with Crippen LogP contribution in [0.3, 0.4) is 0 Å². The summed E-state index contributed by atoms with van der Waals surface area (Å²) in [5.74, 6) is -0.723. The molecule has 0 spiro atoms. The Hall–Kier alpha value is -1.39. The van der Waals surface area contributed by atoms with E-state index in [0.29, 0.717) is 13.0 Å². The van der Waals surface area contributed by atoms with E-state index in [-0.39, 0.29) is 12.0 Å². The zero-order valence-electron chi connectivity index (χ0n) is 11.3. The molecule has 104 valence electrons. The van der Waals surface area contributed by atoms with Gasteiger partial charge in [0.1, 0.15) is 5.60 Å². The molecule has 1 aromatic rings. The second-order valence-corrected chi connectivity index (χ2v) is 5.22. The molecule has 0 unspecified atom stereocenters. The van der Waals surface area contributed by atoms with Gasteiger partial charge in [-0.3, -0.25) is 9.69 Å². The summed E-state index contributed by atoms with van der Waals surface area (Å²) in [5.41, 5.74) is 0.890. The molecule has 1 aromatic carbocycles. The summed E-state index contributed by atoms with van der Waals surface area (Å²) in [7, 11) is 0. The third-order valence-electron chi connectivity index (χ3n) is 3.60. The van der Waals surface area contributed by atoms with E-state index in [1.54, 1.807) is 0 Å². The average Bonchev–Trinajstić information content (AvgIpc) is 2.39. The zero-order chi connectivity index (χ0) is 13.7. The van der Waals surface area contributed by atoms with Crippen molar-refractivity contribution in [1.29, 1.82) is 0 Å². The molecule has 1 N–H and O–H groups in total. The van der Waals surface area contributed by atoms with Crippen molar-refractivity contribution in [2.45, 2.75) is 25.4 Å². The van der Waals surface area contributed by atoms with Crippen LogP contribution in [-0.4, -0.2) is 42.2 Å². The molecule has 4 nitrogen and oxygen atoms in total. The standard InChI is InChI=1S/C15H21NO3/c1-15(13-6-3-2-4-7-13)12-16(10-11-19-15)9-5-8-14(17)18/h2-4,6-7H,5,8-12H2,1H3,(H,17,18)/t15-/m1/s1. The predicted molar refractivity (Wildman–Crippen MR) is 73.1 cm³/mol. The lowest BCUT2D eigenvalue weighted by Gasteiger charge is -2.41. The van der Waals surface area contributed by atoms with Gasteiger partial charge in [0.2, 0.25) is 0 Å². The number of morpholine rings is 1. The van der Waals surface area contributed by atoms with Crippen molar-refractivity contribution in [3.05, 3.63) is 35.9 Å². The number of carboxylic acids is 1. The fraction of sp³-hybridized carbons (Fsp3) is 0.533. The highest BCUT2D eigenvalue weighted by Crippen LogP contribution is 2.29. The first-order chi connectivity index (χ1) is 9.10. The third-order valence-corrected chi connectivity index (χ3v) is 3.60. The molecule has 1 aliphatic heterocycles. The zero-order valence-corrected chi connectivity index (χ0v) is 11.3. The van der Waals surface area contributed by atoms with Crippen molar-refractivity contribution in [3.63, 3.8) is 0 Å². The molecule has 1 saturated heterocycles. The lowest BCUT2D eigenvalue weighted by atomic mass is 9.94. The van der Waals surface area contributed by atoms with Gasteiger partial charge in [0.25, 0.3) is 0 Å². The molecule has 0 aromatic heterocycles. The van der Waals surface area contributed by atoms with Crippen LogP contribution < -0.4 is 0 Å². The number of rotatable bonds is 5. The Bertz CT molecular complexity index is 421. The smallest absolute Gasteiger partial charge is 0.303 e. The number of nitrogens with zero attached hydrogens (tertiary/aromatic N) is 1. The number of aliphatic carboxylic acids is 1. The molecule has 1 fully saturated rings. The predicted octanol–water partition coefficient (Wildman–Crippen LogP) is 2.10. The minimum absolute atomic E-state index is 0.236. The first-order valence-electron chi connectivity index (χ1n) is 6.74. The Morgan fingerprint density at radius 3 is 2.84 bits per heavy atom. The molecule has 0 bridgehead atoms. The van der Waals surface area contributed by atoms with Crippen LogP contribution in [0.25, 0.3) is 0 Å². The van der Waals surface area contributed by atoms with Gasteiger partial charge >= 0.3 is 5.97 Å². The summed E-state index contributed by atoms with van der Waals surface area (Å²) in [6.45, 7) is 5.31. The van der Waals surface area contributed by atoms with Crippen molar-refractivity contribution in [2.24, 2.45) is 0 Å². The van der Waals surface area contributed by atoms with Crippen molar-refractivity contribution in [2.75, 3.05) is 26.2 Å². The van der Waals surface area contributed by atoms with Crippen LogP contribution in [0.1, 0.15) is 25.3 Å². The second-order valence-electron chi connectivity index (χ2n) is 5.22. The van der Waals surface area contributed by atoms with Gasteiger partial charge < -0.3 is 9.84 Å². The van der Waals surface area contributed by atoms with Crippen LogP contribution >= 0.6 is 0 Å². The molecule has 19 heavy (non-hydrogen) atoms. The first-order valence-corrected chi connectivity index (χ1v) is 6.74. The lowest BCUT2D eigenvalue weighted by molar-refractivity contribution is -0.137. The van der Waals surface area contributed by atoms with Gasteiger partial charge in [0.15, 0.2) is 0 Å². The third kappa shape index (κ3) is 3.78. The molecular weight excluding hydrogens is 242 g/mol. The Balaban J connectivity index is 1.94. The van der Waals surface area contributed by atoms with Crippen LogP contribution in [0.4, 0.5) is 0 Å². The van der Waals surface area contributed by atoms with Crippen LogP contribution in [0, 0.1) is 0 Å². The Labute approximate surface area is 114 Å². The fourth-order valence-corrected chi connectivity index (χ4v) is 2.56. The van der Waals surface area contributed by atoms with Gasteiger partial charge in [0, 0.05) is 19.5 Å². The number of carbonyl (C=O) groups is 1. The first kappa shape index (κ1) is 14.0. The van der Waals surface area contributed by atoms with Gasteiger partial charge in [0.05, 0.1) is 6.61 Å².